The molecule has 0 aliphatic rings. The topological polar surface area (TPSA) is 77.2 Å². The normalized spacial score (nSPS) is 10.7. The van der Waals surface area contributed by atoms with E-state index in [2.05, 4.69) is 17.2 Å². The fraction of sp³-hybridized carbons (Fsp3) is 0.471. The first-order valence-corrected chi connectivity index (χ1v) is 8.06. The number of carbonyl (C=O) groups is 1. The molecule has 2 rings (SSSR count). The number of carboxylic acids is 1. The summed E-state index contributed by atoms with van der Waals surface area (Å²) >= 11 is 0. The SMILES string of the molecule is CCCCc1c(C(=O)O)nnn1CCCCOc1ccccc1. The summed E-state index contributed by atoms with van der Waals surface area (Å²) in [5.41, 5.74) is 0.808. The molecule has 1 heterocycles. The number of aryl methyl sites for hydroxylation is 1. The molecule has 0 fully saturated rings. The van der Waals surface area contributed by atoms with Crippen molar-refractivity contribution >= 4 is 5.97 Å². The minimum absolute atomic E-state index is 0.0824. The van der Waals surface area contributed by atoms with Crippen LogP contribution in [0.3, 0.4) is 0 Å². The van der Waals surface area contributed by atoms with Crippen LogP contribution in [0.1, 0.15) is 48.8 Å². The van der Waals surface area contributed by atoms with Crippen LogP contribution in [0, 0.1) is 0 Å². The van der Waals surface area contributed by atoms with Gasteiger partial charge in [-0.2, -0.15) is 0 Å². The highest BCUT2D eigenvalue weighted by molar-refractivity contribution is 5.86. The third-order valence-corrected chi connectivity index (χ3v) is 3.58. The van der Waals surface area contributed by atoms with Gasteiger partial charge in [-0.25, -0.2) is 9.48 Å². The first-order valence-electron chi connectivity index (χ1n) is 8.06. The molecule has 0 bridgehead atoms. The number of aromatic nitrogens is 3. The van der Waals surface area contributed by atoms with E-state index in [1.54, 1.807) is 4.68 Å². The Labute approximate surface area is 136 Å². The standard InChI is InChI=1S/C17H23N3O3/c1-2-3-11-15-16(17(21)22)18-19-20(15)12-7-8-13-23-14-9-5-4-6-10-14/h4-6,9-10H,2-3,7-8,11-13H2,1H3,(H,21,22). The summed E-state index contributed by atoms with van der Waals surface area (Å²) < 4.78 is 7.37. The van der Waals surface area contributed by atoms with Crippen LogP contribution < -0.4 is 4.74 Å². The van der Waals surface area contributed by atoms with Crippen LogP contribution >= 0.6 is 0 Å². The Kier molecular flexibility index (Phi) is 6.59. The van der Waals surface area contributed by atoms with Gasteiger partial charge in [-0.05, 0) is 37.8 Å². The zero-order chi connectivity index (χ0) is 16.5. The van der Waals surface area contributed by atoms with E-state index in [9.17, 15) is 9.90 Å². The van der Waals surface area contributed by atoms with Crippen molar-refractivity contribution in [2.24, 2.45) is 0 Å². The third-order valence-electron chi connectivity index (χ3n) is 3.58. The molecule has 6 heteroatoms. The van der Waals surface area contributed by atoms with E-state index in [0.717, 1.165) is 37.1 Å². The second-order valence-electron chi connectivity index (χ2n) is 5.39. The molecule has 2 aromatic rings. The number of rotatable bonds is 10. The Morgan fingerprint density at radius 1 is 1.22 bits per heavy atom. The molecule has 1 N–H and O–H groups in total. The maximum Gasteiger partial charge on any atom is 0.358 e. The summed E-state index contributed by atoms with van der Waals surface area (Å²) in [6.45, 7) is 3.38. The van der Waals surface area contributed by atoms with Gasteiger partial charge in [-0.3, -0.25) is 0 Å². The number of aromatic carboxylic acids is 1. The zero-order valence-electron chi connectivity index (χ0n) is 13.4. The summed E-state index contributed by atoms with van der Waals surface area (Å²) in [4.78, 5) is 11.2. The Balaban J connectivity index is 1.81. The van der Waals surface area contributed by atoms with Crippen LogP contribution in [0.4, 0.5) is 0 Å². The van der Waals surface area contributed by atoms with Crippen LogP contribution in [-0.4, -0.2) is 32.7 Å². The molecule has 6 nitrogen and oxygen atoms in total. The van der Waals surface area contributed by atoms with E-state index in [-0.39, 0.29) is 5.69 Å². The largest absolute Gasteiger partial charge is 0.494 e. The lowest BCUT2D eigenvalue weighted by Gasteiger charge is -2.08. The molecule has 0 saturated heterocycles. The van der Waals surface area contributed by atoms with Crippen molar-refractivity contribution in [1.29, 1.82) is 0 Å². The first kappa shape index (κ1) is 17.0. The van der Waals surface area contributed by atoms with E-state index in [4.69, 9.17) is 4.74 Å². The highest BCUT2D eigenvalue weighted by Crippen LogP contribution is 2.12. The second kappa shape index (κ2) is 8.92. The van der Waals surface area contributed by atoms with E-state index in [0.29, 0.717) is 19.6 Å². The van der Waals surface area contributed by atoms with E-state index >= 15 is 0 Å². The van der Waals surface area contributed by atoms with Gasteiger partial charge in [-0.1, -0.05) is 36.8 Å². The van der Waals surface area contributed by atoms with Gasteiger partial charge in [0.15, 0.2) is 5.69 Å². The van der Waals surface area contributed by atoms with Crippen LogP contribution in [0.2, 0.25) is 0 Å². The van der Waals surface area contributed by atoms with E-state index < -0.39 is 5.97 Å². The molecule has 0 radical (unpaired) electrons. The Morgan fingerprint density at radius 3 is 2.70 bits per heavy atom. The second-order valence-corrected chi connectivity index (χ2v) is 5.39. The van der Waals surface area contributed by atoms with Gasteiger partial charge in [-0.15, -0.1) is 5.10 Å². The summed E-state index contributed by atoms with van der Waals surface area (Å²) in [5.74, 6) is -0.139. The van der Waals surface area contributed by atoms with Crippen molar-refractivity contribution in [2.45, 2.75) is 45.6 Å². The molecule has 0 aliphatic carbocycles. The minimum atomic E-state index is -1.00. The number of ether oxygens (including phenoxy) is 1. The lowest BCUT2D eigenvalue weighted by atomic mass is 10.1. The van der Waals surface area contributed by atoms with E-state index in [1.807, 2.05) is 30.3 Å². The molecule has 0 spiro atoms. The maximum atomic E-state index is 11.2. The molecule has 0 amide bonds. The average Bonchev–Trinajstić information content (AvgIpc) is 2.96. The predicted octanol–water partition coefficient (Wildman–Crippen LogP) is 3.18. The molecule has 1 aromatic carbocycles. The van der Waals surface area contributed by atoms with Crippen molar-refractivity contribution in [1.82, 2.24) is 15.0 Å². The Morgan fingerprint density at radius 2 is 2.00 bits per heavy atom. The van der Waals surface area contributed by atoms with Crippen LogP contribution in [0.25, 0.3) is 0 Å². The number of benzene rings is 1. The number of hydrogen-bond donors (Lipinski definition) is 1. The zero-order valence-corrected chi connectivity index (χ0v) is 13.4. The lowest BCUT2D eigenvalue weighted by Crippen LogP contribution is -2.10. The highest BCUT2D eigenvalue weighted by atomic mass is 16.5. The summed E-state index contributed by atoms with van der Waals surface area (Å²) in [7, 11) is 0. The number of carboxylic acid groups (broad SMARTS) is 1. The van der Waals surface area contributed by atoms with Gasteiger partial charge in [0.05, 0.1) is 12.3 Å². The van der Waals surface area contributed by atoms with Crippen LogP contribution in [-0.2, 0) is 13.0 Å². The molecule has 1 aromatic heterocycles. The summed E-state index contributed by atoms with van der Waals surface area (Å²) in [6.07, 6.45) is 4.39. The van der Waals surface area contributed by atoms with Gasteiger partial charge >= 0.3 is 5.97 Å². The molecule has 0 unspecified atom stereocenters. The molecule has 0 saturated carbocycles. The summed E-state index contributed by atoms with van der Waals surface area (Å²) in [6, 6.07) is 9.70. The van der Waals surface area contributed by atoms with Crippen LogP contribution in [0.15, 0.2) is 30.3 Å². The molecule has 124 valence electrons. The van der Waals surface area contributed by atoms with Crippen molar-refractivity contribution in [2.75, 3.05) is 6.61 Å². The fourth-order valence-electron chi connectivity index (χ4n) is 2.34. The molecular formula is C17H23N3O3. The molecule has 23 heavy (non-hydrogen) atoms. The fourth-order valence-corrected chi connectivity index (χ4v) is 2.34. The van der Waals surface area contributed by atoms with E-state index in [1.165, 1.54) is 0 Å². The number of hydrogen-bond acceptors (Lipinski definition) is 4. The maximum absolute atomic E-state index is 11.2. The molecule has 0 atom stereocenters. The molecular weight excluding hydrogens is 294 g/mol. The third kappa shape index (κ3) is 5.09. The van der Waals surface area contributed by atoms with Gasteiger partial charge in [0.2, 0.25) is 0 Å². The van der Waals surface area contributed by atoms with Crippen molar-refractivity contribution in [3.63, 3.8) is 0 Å². The van der Waals surface area contributed by atoms with Gasteiger partial charge in [0, 0.05) is 6.54 Å². The Hall–Kier alpha value is -2.37. The quantitative estimate of drug-likeness (QED) is 0.681. The number of nitrogens with zero attached hydrogens (tertiary/aromatic N) is 3. The first-order chi connectivity index (χ1) is 11.2. The highest BCUT2D eigenvalue weighted by Gasteiger charge is 2.17. The van der Waals surface area contributed by atoms with Gasteiger partial charge < -0.3 is 9.84 Å². The lowest BCUT2D eigenvalue weighted by molar-refractivity contribution is 0.0689. The monoisotopic (exact) mass is 317 g/mol. The Bertz CT molecular complexity index is 611. The summed E-state index contributed by atoms with van der Waals surface area (Å²) in [5, 5.41) is 17.0. The van der Waals surface area contributed by atoms with Crippen molar-refractivity contribution in [3.8, 4) is 5.75 Å². The van der Waals surface area contributed by atoms with Crippen LogP contribution in [0.5, 0.6) is 5.75 Å². The van der Waals surface area contributed by atoms with Crippen molar-refractivity contribution < 1.29 is 14.6 Å². The van der Waals surface area contributed by atoms with Crippen molar-refractivity contribution in [3.05, 3.63) is 41.7 Å². The van der Waals surface area contributed by atoms with Gasteiger partial charge in [0.25, 0.3) is 0 Å². The average molecular weight is 317 g/mol. The predicted molar refractivity (Wildman–Crippen MR) is 86.8 cm³/mol. The minimum Gasteiger partial charge on any atom is -0.494 e. The molecule has 0 aliphatic heterocycles. The smallest absolute Gasteiger partial charge is 0.358 e. The van der Waals surface area contributed by atoms with Gasteiger partial charge in [0.1, 0.15) is 5.75 Å². The number of para-hydroxylation sites is 1. The number of unbranched alkanes of at least 4 members (excludes halogenated alkanes) is 2.